The fourth-order valence-electron chi connectivity index (χ4n) is 2.05. The minimum absolute atomic E-state index is 0.371. The van der Waals surface area contributed by atoms with Gasteiger partial charge >= 0.3 is 0 Å². The van der Waals surface area contributed by atoms with Gasteiger partial charge in [-0.25, -0.2) is 0 Å². The molecule has 1 N–H and O–H groups in total. The number of hydrogen-bond donors (Lipinski definition) is 1. The number of halogens is 1. The lowest BCUT2D eigenvalue weighted by atomic mass is 10.1. The molecule has 0 amide bonds. The number of benzene rings is 1. The number of nitrogens with zero attached hydrogens (tertiary/aromatic N) is 1. The summed E-state index contributed by atoms with van der Waals surface area (Å²) in [5, 5.41) is 3.46. The van der Waals surface area contributed by atoms with Crippen molar-refractivity contribution in [2.75, 3.05) is 20.6 Å². The van der Waals surface area contributed by atoms with Gasteiger partial charge in [0.15, 0.2) is 3.77 Å². The van der Waals surface area contributed by atoms with Crippen molar-refractivity contribution in [3.63, 3.8) is 0 Å². The van der Waals surface area contributed by atoms with E-state index in [1.807, 2.05) is 12.1 Å². The first-order valence-corrected chi connectivity index (χ1v) is 7.41. The summed E-state index contributed by atoms with van der Waals surface area (Å²) < 4.78 is 6.47. The predicted molar refractivity (Wildman–Crippen MR) is 86.0 cm³/mol. The fourth-order valence-corrected chi connectivity index (χ4v) is 2.52. The highest BCUT2D eigenvalue weighted by molar-refractivity contribution is 14.1. The van der Waals surface area contributed by atoms with Crippen LogP contribution < -0.4 is 5.32 Å². The maximum absolute atomic E-state index is 5.54. The van der Waals surface area contributed by atoms with E-state index in [0.29, 0.717) is 6.04 Å². The molecule has 2 aromatic rings. The predicted octanol–water partition coefficient (Wildman–Crippen LogP) is 3.28. The van der Waals surface area contributed by atoms with E-state index in [1.165, 1.54) is 5.56 Å². The van der Waals surface area contributed by atoms with Gasteiger partial charge in [0.25, 0.3) is 0 Å². The van der Waals surface area contributed by atoms with Crippen molar-refractivity contribution in [1.29, 1.82) is 0 Å². The van der Waals surface area contributed by atoms with E-state index < -0.39 is 0 Å². The molecule has 4 heteroatoms. The van der Waals surface area contributed by atoms with Gasteiger partial charge in [-0.15, -0.1) is 0 Å². The zero-order chi connectivity index (χ0) is 13.7. The lowest BCUT2D eigenvalue weighted by Crippen LogP contribution is -2.30. The topological polar surface area (TPSA) is 28.4 Å². The van der Waals surface area contributed by atoms with Gasteiger partial charge in [0.1, 0.15) is 5.76 Å². The highest BCUT2D eigenvalue weighted by atomic mass is 127. The van der Waals surface area contributed by atoms with E-state index in [4.69, 9.17) is 4.42 Å². The zero-order valence-corrected chi connectivity index (χ0v) is 13.4. The molecule has 3 nitrogen and oxygen atoms in total. The van der Waals surface area contributed by atoms with Gasteiger partial charge in [0, 0.05) is 12.6 Å². The Labute approximate surface area is 128 Å². The van der Waals surface area contributed by atoms with Crippen molar-refractivity contribution < 1.29 is 4.42 Å². The van der Waals surface area contributed by atoms with Gasteiger partial charge in [-0.2, -0.15) is 0 Å². The maximum Gasteiger partial charge on any atom is 0.164 e. The molecule has 0 spiro atoms. The summed E-state index contributed by atoms with van der Waals surface area (Å²) in [5.41, 5.74) is 1.33. The molecule has 0 radical (unpaired) electrons. The van der Waals surface area contributed by atoms with Gasteiger partial charge in [0.05, 0.1) is 6.54 Å². The first-order valence-electron chi connectivity index (χ1n) is 6.33. The van der Waals surface area contributed by atoms with Crippen LogP contribution in [0.25, 0.3) is 0 Å². The second-order valence-corrected chi connectivity index (χ2v) is 5.79. The number of nitrogens with one attached hydrogen (secondary N) is 1. The molecular weight excluding hydrogens is 351 g/mol. The Balaban J connectivity index is 1.91. The third-order valence-corrected chi connectivity index (χ3v) is 3.65. The molecule has 1 aromatic carbocycles. The van der Waals surface area contributed by atoms with Crippen molar-refractivity contribution in [2.24, 2.45) is 0 Å². The molecule has 0 fully saturated rings. The van der Waals surface area contributed by atoms with Crippen molar-refractivity contribution in [3.8, 4) is 0 Å². The Kier molecular flexibility index (Phi) is 5.42. The summed E-state index contributed by atoms with van der Waals surface area (Å²) in [4.78, 5) is 2.23. The summed E-state index contributed by atoms with van der Waals surface area (Å²) in [6.45, 7) is 1.66. The summed E-state index contributed by atoms with van der Waals surface area (Å²) in [6, 6.07) is 14.9. The minimum atomic E-state index is 0.371. The van der Waals surface area contributed by atoms with Crippen LogP contribution >= 0.6 is 22.6 Å². The van der Waals surface area contributed by atoms with Crippen LogP contribution in [0.4, 0.5) is 0 Å². The summed E-state index contributed by atoms with van der Waals surface area (Å²) in [5.74, 6) is 0.981. The summed E-state index contributed by atoms with van der Waals surface area (Å²) in [7, 11) is 4.21. The van der Waals surface area contributed by atoms with E-state index in [0.717, 1.165) is 22.6 Å². The number of furan rings is 1. The molecule has 0 bridgehead atoms. The third kappa shape index (κ3) is 4.33. The molecule has 1 atom stereocenters. The van der Waals surface area contributed by atoms with E-state index in [1.54, 1.807) is 0 Å². The molecule has 0 saturated heterocycles. The molecule has 102 valence electrons. The SMILES string of the molecule is CN(C)C(CNCc1ccc(I)o1)c1ccccc1. The van der Waals surface area contributed by atoms with Crippen LogP contribution in [0.3, 0.4) is 0 Å². The normalized spacial score (nSPS) is 12.8. The average Bonchev–Trinajstić information content (AvgIpc) is 2.81. The van der Waals surface area contributed by atoms with Crippen LogP contribution in [-0.4, -0.2) is 25.5 Å². The zero-order valence-electron chi connectivity index (χ0n) is 11.3. The smallest absolute Gasteiger partial charge is 0.164 e. The Morgan fingerprint density at radius 3 is 2.47 bits per heavy atom. The van der Waals surface area contributed by atoms with Gasteiger partial charge in [0.2, 0.25) is 0 Å². The Hall–Kier alpha value is -0.850. The van der Waals surface area contributed by atoms with Crippen molar-refractivity contribution in [1.82, 2.24) is 10.2 Å². The summed E-state index contributed by atoms with van der Waals surface area (Å²) >= 11 is 2.18. The summed E-state index contributed by atoms with van der Waals surface area (Å²) in [6.07, 6.45) is 0. The van der Waals surface area contributed by atoms with Crippen LogP contribution in [0.5, 0.6) is 0 Å². The van der Waals surface area contributed by atoms with Crippen LogP contribution in [0, 0.1) is 3.77 Å². The molecule has 1 aromatic heterocycles. The number of likely N-dealkylation sites (N-methyl/N-ethyl adjacent to an activating group) is 1. The second kappa shape index (κ2) is 7.07. The van der Waals surface area contributed by atoms with Gasteiger partial charge in [-0.3, -0.25) is 0 Å². The van der Waals surface area contributed by atoms with Gasteiger partial charge < -0.3 is 14.6 Å². The lowest BCUT2D eigenvalue weighted by Gasteiger charge is -2.25. The van der Waals surface area contributed by atoms with Gasteiger partial charge in [-0.05, 0) is 54.4 Å². The highest BCUT2D eigenvalue weighted by Gasteiger charge is 2.13. The highest BCUT2D eigenvalue weighted by Crippen LogP contribution is 2.17. The molecule has 2 rings (SSSR count). The third-order valence-electron chi connectivity index (χ3n) is 3.07. The second-order valence-electron chi connectivity index (χ2n) is 4.73. The lowest BCUT2D eigenvalue weighted by molar-refractivity contribution is 0.285. The monoisotopic (exact) mass is 370 g/mol. The first kappa shape index (κ1) is 14.6. The first-order chi connectivity index (χ1) is 9.16. The minimum Gasteiger partial charge on any atom is -0.454 e. The van der Waals surface area contributed by atoms with Crippen molar-refractivity contribution in [3.05, 3.63) is 57.6 Å². The van der Waals surface area contributed by atoms with Crippen LogP contribution in [0.15, 0.2) is 46.9 Å². The standard InChI is InChI=1S/C15H19IN2O/c1-18(2)14(12-6-4-3-5-7-12)11-17-10-13-8-9-15(16)19-13/h3-9,14,17H,10-11H2,1-2H3. The van der Waals surface area contributed by atoms with Crippen LogP contribution in [-0.2, 0) is 6.54 Å². The molecule has 1 unspecified atom stereocenters. The largest absolute Gasteiger partial charge is 0.454 e. The Bertz CT molecular complexity index is 496. The molecule has 1 heterocycles. The molecule has 0 aliphatic rings. The number of hydrogen-bond acceptors (Lipinski definition) is 3. The van der Waals surface area contributed by atoms with E-state index in [2.05, 4.69) is 77.2 Å². The Morgan fingerprint density at radius 1 is 1.16 bits per heavy atom. The van der Waals surface area contributed by atoms with E-state index >= 15 is 0 Å². The average molecular weight is 370 g/mol. The molecular formula is C15H19IN2O. The van der Waals surface area contributed by atoms with Crippen LogP contribution in [0.1, 0.15) is 17.4 Å². The van der Waals surface area contributed by atoms with Gasteiger partial charge in [-0.1, -0.05) is 30.3 Å². The quantitative estimate of drug-likeness (QED) is 0.792. The molecule has 0 aliphatic heterocycles. The Morgan fingerprint density at radius 2 is 1.89 bits per heavy atom. The molecule has 19 heavy (non-hydrogen) atoms. The van der Waals surface area contributed by atoms with E-state index in [-0.39, 0.29) is 0 Å². The van der Waals surface area contributed by atoms with E-state index in [9.17, 15) is 0 Å². The molecule has 0 aliphatic carbocycles. The maximum atomic E-state index is 5.54. The number of rotatable bonds is 6. The fraction of sp³-hybridized carbons (Fsp3) is 0.333. The van der Waals surface area contributed by atoms with Crippen molar-refractivity contribution >= 4 is 22.6 Å². The van der Waals surface area contributed by atoms with Crippen molar-refractivity contribution in [2.45, 2.75) is 12.6 Å². The van der Waals surface area contributed by atoms with Crippen LogP contribution in [0.2, 0.25) is 0 Å². The molecule has 0 saturated carbocycles.